The van der Waals surface area contributed by atoms with Crippen molar-refractivity contribution in [1.82, 2.24) is 5.32 Å². The van der Waals surface area contributed by atoms with Gasteiger partial charge in [-0.3, -0.25) is 9.52 Å². The molecule has 0 heterocycles. The highest BCUT2D eigenvalue weighted by Gasteiger charge is 2.27. The summed E-state index contributed by atoms with van der Waals surface area (Å²) in [5.74, 6) is -0.763. The van der Waals surface area contributed by atoms with E-state index in [-0.39, 0.29) is 16.5 Å². The molecule has 0 atom stereocenters. The lowest BCUT2D eigenvalue weighted by molar-refractivity contribution is 0.0895. The van der Waals surface area contributed by atoms with Gasteiger partial charge in [-0.05, 0) is 61.4 Å². The largest absolute Gasteiger partial charge is 0.345 e. The third-order valence-electron chi connectivity index (χ3n) is 4.65. The van der Waals surface area contributed by atoms with Crippen molar-refractivity contribution in [3.8, 4) is 0 Å². The summed E-state index contributed by atoms with van der Waals surface area (Å²) in [5, 5.41) is 2.93. The standard InChI is InChI=1S/C19H24FN3O3S/c1-3-19(4-2,13-21)22-18(24)14-5-11-17(12-6-14)27(25,26)23-16-9-7-15(20)8-10-16/h5-12,23H,3-4,13,21H2,1-2H3,(H,22,24). The number of benzene rings is 2. The summed E-state index contributed by atoms with van der Waals surface area (Å²) in [6, 6.07) is 10.6. The Balaban J connectivity index is 2.16. The minimum Gasteiger partial charge on any atom is -0.345 e. The predicted octanol–water partition coefficient (Wildman–Crippen LogP) is 2.87. The van der Waals surface area contributed by atoms with Crippen molar-refractivity contribution in [2.75, 3.05) is 11.3 Å². The number of anilines is 1. The molecule has 0 aliphatic heterocycles. The SMILES string of the molecule is CCC(CC)(CN)NC(=O)c1ccc(S(=O)(=O)Nc2ccc(F)cc2)cc1. The number of halogens is 1. The monoisotopic (exact) mass is 393 g/mol. The molecule has 0 radical (unpaired) electrons. The first-order valence-corrected chi connectivity index (χ1v) is 10.1. The molecule has 0 saturated carbocycles. The first kappa shape index (κ1) is 20.9. The highest BCUT2D eigenvalue weighted by molar-refractivity contribution is 7.92. The molecule has 146 valence electrons. The summed E-state index contributed by atoms with van der Waals surface area (Å²) in [5.41, 5.74) is 5.90. The van der Waals surface area contributed by atoms with Gasteiger partial charge in [-0.2, -0.15) is 0 Å². The second-order valence-corrected chi connectivity index (χ2v) is 7.96. The fourth-order valence-electron chi connectivity index (χ4n) is 2.60. The Bertz CT molecular complexity index is 869. The molecule has 0 aliphatic rings. The highest BCUT2D eigenvalue weighted by atomic mass is 32.2. The molecule has 8 heteroatoms. The van der Waals surface area contributed by atoms with Gasteiger partial charge in [-0.25, -0.2) is 12.8 Å². The Morgan fingerprint density at radius 1 is 1.04 bits per heavy atom. The first-order chi connectivity index (χ1) is 12.7. The van der Waals surface area contributed by atoms with E-state index in [1.165, 1.54) is 36.4 Å². The number of sulfonamides is 1. The molecule has 0 bridgehead atoms. The van der Waals surface area contributed by atoms with E-state index in [2.05, 4.69) is 10.0 Å². The van der Waals surface area contributed by atoms with Crippen LogP contribution in [0.3, 0.4) is 0 Å². The van der Waals surface area contributed by atoms with Gasteiger partial charge in [0.05, 0.1) is 10.4 Å². The maximum Gasteiger partial charge on any atom is 0.261 e. The van der Waals surface area contributed by atoms with Gasteiger partial charge in [-0.1, -0.05) is 13.8 Å². The van der Waals surface area contributed by atoms with Gasteiger partial charge >= 0.3 is 0 Å². The summed E-state index contributed by atoms with van der Waals surface area (Å²) in [6.07, 6.45) is 1.39. The summed E-state index contributed by atoms with van der Waals surface area (Å²) >= 11 is 0. The predicted molar refractivity (Wildman–Crippen MR) is 103 cm³/mol. The highest BCUT2D eigenvalue weighted by Crippen LogP contribution is 2.18. The smallest absolute Gasteiger partial charge is 0.261 e. The molecule has 0 aromatic heterocycles. The van der Waals surface area contributed by atoms with Gasteiger partial charge in [-0.15, -0.1) is 0 Å². The Morgan fingerprint density at radius 3 is 2.07 bits per heavy atom. The van der Waals surface area contributed by atoms with Gasteiger partial charge in [0.1, 0.15) is 5.82 Å². The molecule has 2 aromatic rings. The zero-order chi connectivity index (χ0) is 20.1. The minimum absolute atomic E-state index is 0.000513. The van der Waals surface area contributed by atoms with E-state index in [1.54, 1.807) is 0 Å². The lowest BCUT2D eigenvalue weighted by Gasteiger charge is -2.31. The van der Waals surface area contributed by atoms with Crippen LogP contribution in [0.2, 0.25) is 0 Å². The summed E-state index contributed by atoms with van der Waals surface area (Å²) < 4.78 is 40.1. The van der Waals surface area contributed by atoms with Crippen LogP contribution in [0.15, 0.2) is 53.4 Å². The van der Waals surface area contributed by atoms with Crippen LogP contribution in [0.25, 0.3) is 0 Å². The van der Waals surface area contributed by atoms with E-state index in [1.807, 2.05) is 13.8 Å². The van der Waals surface area contributed by atoms with E-state index in [9.17, 15) is 17.6 Å². The Labute approximate surface area is 159 Å². The van der Waals surface area contributed by atoms with Crippen molar-refractivity contribution in [2.24, 2.45) is 5.73 Å². The van der Waals surface area contributed by atoms with Gasteiger partial charge in [0.15, 0.2) is 0 Å². The van der Waals surface area contributed by atoms with E-state index in [4.69, 9.17) is 5.73 Å². The maximum atomic E-state index is 12.9. The van der Waals surface area contributed by atoms with Gasteiger partial charge in [0.25, 0.3) is 15.9 Å². The quantitative estimate of drug-likeness (QED) is 0.642. The van der Waals surface area contributed by atoms with Crippen molar-refractivity contribution in [3.05, 3.63) is 59.9 Å². The molecule has 0 unspecified atom stereocenters. The average Bonchev–Trinajstić information content (AvgIpc) is 2.68. The van der Waals surface area contributed by atoms with Crippen molar-refractivity contribution >= 4 is 21.6 Å². The first-order valence-electron chi connectivity index (χ1n) is 8.66. The van der Waals surface area contributed by atoms with Crippen LogP contribution in [-0.2, 0) is 10.0 Å². The van der Waals surface area contributed by atoms with Gasteiger partial charge in [0.2, 0.25) is 0 Å². The van der Waals surface area contributed by atoms with Crippen molar-refractivity contribution in [3.63, 3.8) is 0 Å². The molecule has 0 aliphatic carbocycles. The van der Waals surface area contributed by atoms with Crippen molar-refractivity contribution in [1.29, 1.82) is 0 Å². The molecular weight excluding hydrogens is 369 g/mol. The van der Waals surface area contributed by atoms with E-state index < -0.39 is 21.4 Å². The molecule has 1 amide bonds. The zero-order valence-corrected chi connectivity index (χ0v) is 16.1. The molecule has 0 fully saturated rings. The fraction of sp³-hybridized carbons (Fsp3) is 0.316. The minimum atomic E-state index is -3.84. The number of hydrogen-bond donors (Lipinski definition) is 3. The average molecular weight is 393 g/mol. The van der Waals surface area contributed by atoms with Crippen LogP contribution < -0.4 is 15.8 Å². The third kappa shape index (κ3) is 5.05. The number of carbonyl (C=O) groups excluding carboxylic acids is 1. The van der Waals surface area contributed by atoms with Gasteiger partial charge in [0, 0.05) is 17.8 Å². The van der Waals surface area contributed by atoms with Crippen LogP contribution in [0.1, 0.15) is 37.0 Å². The van der Waals surface area contributed by atoms with E-state index in [0.717, 1.165) is 12.1 Å². The summed E-state index contributed by atoms with van der Waals surface area (Å²) in [7, 11) is -3.84. The number of nitrogens with one attached hydrogen (secondary N) is 2. The van der Waals surface area contributed by atoms with Crippen LogP contribution in [-0.4, -0.2) is 26.4 Å². The molecule has 6 nitrogen and oxygen atoms in total. The fourth-order valence-corrected chi connectivity index (χ4v) is 3.66. The third-order valence-corrected chi connectivity index (χ3v) is 6.04. The van der Waals surface area contributed by atoms with E-state index in [0.29, 0.717) is 24.9 Å². The molecular formula is C19H24FN3O3S. The van der Waals surface area contributed by atoms with Crippen molar-refractivity contribution < 1.29 is 17.6 Å². The van der Waals surface area contributed by atoms with Crippen LogP contribution in [0.5, 0.6) is 0 Å². The lowest BCUT2D eigenvalue weighted by atomic mass is 9.92. The summed E-state index contributed by atoms with van der Waals surface area (Å²) in [6.45, 7) is 4.22. The van der Waals surface area contributed by atoms with Crippen molar-refractivity contribution in [2.45, 2.75) is 37.1 Å². The van der Waals surface area contributed by atoms with E-state index >= 15 is 0 Å². The number of carbonyl (C=O) groups is 1. The molecule has 2 aromatic carbocycles. The summed E-state index contributed by atoms with van der Waals surface area (Å²) in [4.78, 5) is 12.5. The maximum absolute atomic E-state index is 12.9. The van der Waals surface area contributed by atoms with Gasteiger partial charge < -0.3 is 11.1 Å². The number of hydrogen-bond acceptors (Lipinski definition) is 4. The zero-order valence-electron chi connectivity index (χ0n) is 15.3. The normalized spacial score (nSPS) is 11.9. The Kier molecular flexibility index (Phi) is 6.56. The molecule has 2 rings (SSSR count). The number of amides is 1. The van der Waals surface area contributed by atoms with Crippen LogP contribution in [0.4, 0.5) is 10.1 Å². The number of rotatable bonds is 8. The Morgan fingerprint density at radius 2 is 1.59 bits per heavy atom. The lowest BCUT2D eigenvalue weighted by Crippen LogP contribution is -2.52. The van der Waals surface area contributed by atoms with Crippen LogP contribution >= 0.6 is 0 Å². The molecule has 4 N–H and O–H groups in total. The topological polar surface area (TPSA) is 101 Å². The van der Waals surface area contributed by atoms with Crippen LogP contribution in [0, 0.1) is 5.82 Å². The second-order valence-electron chi connectivity index (χ2n) is 6.28. The second kappa shape index (κ2) is 8.49. The number of nitrogens with two attached hydrogens (primary N) is 1. The molecule has 0 saturated heterocycles. The molecule has 27 heavy (non-hydrogen) atoms. The molecule has 0 spiro atoms. The Hall–Kier alpha value is -2.45.